The molecule has 0 radical (unpaired) electrons. The molecule has 1 heterocycles. The van der Waals surface area contributed by atoms with Gasteiger partial charge in [0.05, 0.1) is 17.5 Å². The van der Waals surface area contributed by atoms with Crippen molar-refractivity contribution in [3.63, 3.8) is 0 Å². The molecular weight excluding hydrogens is 394 g/mol. The second-order valence-corrected chi connectivity index (χ2v) is 10.2. The third kappa shape index (κ3) is 3.18. The first kappa shape index (κ1) is 19.5. The van der Waals surface area contributed by atoms with Crippen molar-refractivity contribution in [3.05, 3.63) is 102 Å². The lowest BCUT2D eigenvalue weighted by Gasteiger charge is -2.54. The van der Waals surface area contributed by atoms with Crippen LogP contribution in [0, 0.1) is 12.3 Å². The third-order valence-corrected chi connectivity index (χ3v) is 8.14. The van der Waals surface area contributed by atoms with Crippen molar-refractivity contribution in [1.29, 1.82) is 0 Å². The summed E-state index contributed by atoms with van der Waals surface area (Å²) in [6.07, 6.45) is 1.51. The van der Waals surface area contributed by atoms with Crippen molar-refractivity contribution in [2.75, 3.05) is 0 Å². The van der Waals surface area contributed by atoms with E-state index in [9.17, 15) is 8.42 Å². The van der Waals surface area contributed by atoms with Crippen molar-refractivity contribution in [1.82, 2.24) is 4.31 Å². The fourth-order valence-electron chi connectivity index (χ4n) is 4.56. The Balaban J connectivity index is 1.51. The molecule has 1 aliphatic heterocycles. The minimum absolute atomic E-state index is 0.131. The number of benzene rings is 3. The fourth-order valence-corrected chi connectivity index (χ4v) is 6.42. The fraction of sp³-hybridized carbons (Fsp3) is 0.280. The molecule has 4 nitrogen and oxygen atoms in total. The van der Waals surface area contributed by atoms with Crippen LogP contribution in [0.3, 0.4) is 0 Å². The third-order valence-electron chi connectivity index (χ3n) is 6.31. The van der Waals surface area contributed by atoms with Crippen LogP contribution in [0.2, 0.25) is 0 Å². The first-order valence-electron chi connectivity index (χ1n) is 10.3. The summed E-state index contributed by atoms with van der Waals surface area (Å²) in [5.74, 6) is 0. The largest absolute Gasteiger partial charge is 0.357 e. The molecule has 1 aliphatic carbocycles. The summed E-state index contributed by atoms with van der Waals surface area (Å²) >= 11 is 0. The van der Waals surface area contributed by atoms with E-state index < -0.39 is 16.3 Å². The molecule has 1 saturated carbocycles. The van der Waals surface area contributed by atoms with E-state index in [-0.39, 0.29) is 11.5 Å². The van der Waals surface area contributed by atoms with Crippen LogP contribution >= 0.6 is 0 Å². The molecule has 1 spiro atoms. The predicted molar refractivity (Wildman–Crippen MR) is 116 cm³/mol. The molecule has 30 heavy (non-hydrogen) atoms. The molecule has 5 heteroatoms. The highest BCUT2D eigenvalue weighted by atomic mass is 32.2. The molecule has 2 fully saturated rings. The van der Waals surface area contributed by atoms with Crippen molar-refractivity contribution < 1.29 is 13.2 Å². The Kier molecular flexibility index (Phi) is 4.77. The Bertz CT molecular complexity index is 1120. The van der Waals surface area contributed by atoms with Gasteiger partial charge in [0, 0.05) is 5.41 Å². The van der Waals surface area contributed by atoms with E-state index in [1.54, 1.807) is 16.4 Å². The smallest absolute Gasteiger partial charge is 0.245 e. The number of nitrogens with zero attached hydrogens (tertiary/aromatic N) is 1. The minimum Gasteiger partial charge on any atom is -0.357 e. The van der Waals surface area contributed by atoms with Gasteiger partial charge in [0.25, 0.3) is 0 Å². The van der Waals surface area contributed by atoms with Gasteiger partial charge in [-0.25, -0.2) is 8.42 Å². The van der Waals surface area contributed by atoms with E-state index in [0.717, 1.165) is 29.5 Å². The van der Waals surface area contributed by atoms with Crippen LogP contribution in [0.5, 0.6) is 0 Å². The Morgan fingerprint density at radius 3 is 2.10 bits per heavy atom. The van der Waals surface area contributed by atoms with Crippen LogP contribution in [0.1, 0.15) is 35.6 Å². The second kappa shape index (κ2) is 7.34. The van der Waals surface area contributed by atoms with Gasteiger partial charge in [-0.15, -0.1) is 0 Å². The number of hydrogen-bond donors (Lipinski definition) is 0. The molecule has 2 aliphatic rings. The second-order valence-electron chi connectivity index (χ2n) is 8.34. The summed E-state index contributed by atoms with van der Waals surface area (Å²) in [4.78, 5) is 0.317. The summed E-state index contributed by atoms with van der Waals surface area (Å²) in [5, 5.41) is 0. The van der Waals surface area contributed by atoms with Gasteiger partial charge in [0.2, 0.25) is 10.0 Å². The molecule has 154 valence electrons. The molecule has 0 amide bonds. The number of sulfonamides is 1. The van der Waals surface area contributed by atoms with Crippen LogP contribution in [0.4, 0.5) is 0 Å². The minimum atomic E-state index is -3.69. The van der Waals surface area contributed by atoms with E-state index >= 15 is 0 Å². The normalized spacial score (nSPS) is 22.6. The first-order valence-corrected chi connectivity index (χ1v) is 11.8. The zero-order chi connectivity index (χ0) is 20.8. The Morgan fingerprint density at radius 1 is 0.900 bits per heavy atom. The number of hydrogen-bond acceptors (Lipinski definition) is 3. The van der Waals surface area contributed by atoms with Gasteiger partial charge < -0.3 is 4.74 Å². The maximum atomic E-state index is 13.7. The van der Waals surface area contributed by atoms with Crippen molar-refractivity contribution >= 4 is 10.0 Å². The molecular formula is C25H25NO3S. The lowest BCUT2D eigenvalue weighted by molar-refractivity contribution is -0.184. The Morgan fingerprint density at radius 2 is 1.50 bits per heavy atom. The lowest BCUT2D eigenvalue weighted by Crippen LogP contribution is -2.63. The highest BCUT2D eigenvalue weighted by molar-refractivity contribution is 7.89. The van der Waals surface area contributed by atoms with E-state index in [0.29, 0.717) is 11.5 Å². The van der Waals surface area contributed by atoms with Gasteiger partial charge in [-0.2, -0.15) is 4.31 Å². The standard InChI is InChI=1S/C25H25NO3S/c1-19-12-14-22(15-13-19)30(27,28)26-23(21-10-6-3-7-11-21)25(16-17-25)24(26)29-18-20-8-4-2-5-9-20/h2-15,23-24H,16-18H2,1H3. The topological polar surface area (TPSA) is 46.6 Å². The van der Waals surface area contributed by atoms with Crippen LogP contribution in [0.25, 0.3) is 0 Å². The summed E-state index contributed by atoms with van der Waals surface area (Å²) in [7, 11) is -3.69. The highest BCUT2D eigenvalue weighted by Gasteiger charge is 2.72. The molecule has 0 N–H and O–H groups in total. The Hall–Kier alpha value is -2.47. The average molecular weight is 420 g/mol. The van der Waals surface area contributed by atoms with Crippen LogP contribution in [-0.4, -0.2) is 19.0 Å². The monoisotopic (exact) mass is 419 g/mol. The molecule has 0 aromatic heterocycles. The van der Waals surface area contributed by atoms with E-state index in [4.69, 9.17) is 4.74 Å². The molecule has 1 saturated heterocycles. The van der Waals surface area contributed by atoms with E-state index in [1.165, 1.54) is 0 Å². The van der Waals surface area contributed by atoms with Crippen LogP contribution in [0.15, 0.2) is 89.8 Å². The molecule has 5 rings (SSSR count). The van der Waals surface area contributed by atoms with Gasteiger partial charge in [0.1, 0.15) is 6.23 Å². The van der Waals surface area contributed by atoms with E-state index in [2.05, 4.69) is 0 Å². The number of ether oxygens (including phenoxy) is 1. The van der Waals surface area contributed by atoms with Crippen molar-refractivity contribution in [2.45, 2.75) is 43.5 Å². The number of aryl methyl sites for hydroxylation is 1. The molecule has 3 aromatic rings. The quantitative estimate of drug-likeness (QED) is 0.561. The van der Waals surface area contributed by atoms with Gasteiger partial charge in [-0.05, 0) is 43.0 Å². The van der Waals surface area contributed by atoms with Gasteiger partial charge >= 0.3 is 0 Å². The SMILES string of the molecule is Cc1ccc(S(=O)(=O)N2C(OCc3ccccc3)C3(CC3)C2c2ccccc2)cc1. The molecule has 2 atom stereocenters. The molecule has 3 aromatic carbocycles. The summed E-state index contributed by atoms with van der Waals surface area (Å²) in [6.45, 7) is 2.35. The molecule has 2 unspecified atom stereocenters. The van der Waals surface area contributed by atoms with Gasteiger partial charge in [-0.3, -0.25) is 0 Å². The van der Waals surface area contributed by atoms with Gasteiger partial charge in [0.15, 0.2) is 0 Å². The van der Waals surface area contributed by atoms with E-state index in [1.807, 2.05) is 79.7 Å². The highest BCUT2D eigenvalue weighted by Crippen LogP contribution is 2.70. The number of rotatable bonds is 6. The van der Waals surface area contributed by atoms with Crippen molar-refractivity contribution in [2.24, 2.45) is 5.41 Å². The average Bonchev–Trinajstić information content (AvgIpc) is 3.57. The maximum absolute atomic E-state index is 13.7. The summed E-state index contributed by atoms with van der Waals surface area (Å²) in [6, 6.07) is 26.8. The lowest BCUT2D eigenvalue weighted by atomic mass is 9.80. The summed E-state index contributed by atoms with van der Waals surface area (Å²) < 4.78 is 35.3. The van der Waals surface area contributed by atoms with Crippen LogP contribution in [-0.2, 0) is 21.4 Å². The van der Waals surface area contributed by atoms with Crippen molar-refractivity contribution in [3.8, 4) is 0 Å². The summed E-state index contributed by atoms with van der Waals surface area (Å²) in [5.41, 5.74) is 2.98. The van der Waals surface area contributed by atoms with Gasteiger partial charge in [-0.1, -0.05) is 78.4 Å². The maximum Gasteiger partial charge on any atom is 0.245 e. The zero-order valence-corrected chi connectivity index (χ0v) is 17.8. The zero-order valence-electron chi connectivity index (χ0n) is 16.9. The molecule has 0 bridgehead atoms. The van der Waals surface area contributed by atoms with Crippen LogP contribution < -0.4 is 0 Å². The first-order chi connectivity index (χ1) is 14.5. The predicted octanol–water partition coefficient (Wildman–Crippen LogP) is 5.06. The Labute approximate surface area is 178 Å².